The van der Waals surface area contributed by atoms with Crippen molar-refractivity contribution in [1.29, 1.82) is 0 Å². The first-order valence-electron chi connectivity index (χ1n) is 9.06. The average molecular weight is 397 g/mol. The second-order valence-electron chi connectivity index (χ2n) is 6.88. The van der Waals surface area contributed by atoms with Crippen LogP contribution in [0.2, 0.25) is 0 Å². The van der Waals surface area contributed by atoms with Crippen molar-refractivity contribution >= 4 is 22.5 Å². The third kappa shape index (κ3) is 4.86. The van der Waals surface area contributed by atoms with Crippen LogP contribution in [-0.2, 0) is 11.8 Å². The fourth-order valence-corrected chi connectivity index (χ4v) is 3.62. The Hall–Kier alpha value is -2.93. The monoisotopic (exact) mass is 396 g/mol. The number of ether oxygens (including phenoxy) is 1. The molecule has 0 aliphatic heterocycles. The maximum Gasteiger partial charge on any atom is 0.321 e. The molecule has 0 radical (unpaired) electrons. The van der Waals surface area contributed by atoms with E-state index >= 15 is 0 Å². The number of nitrogens with zero attached hydrogens (tertiary/aromatic N) is 2. The molecule has 6 nitrogen and oxygen atoms in total. The Morgan fingerprint density at radius 2 is 1.79 bits per heavy atom. The zero-order valence-electron chi connectivity index (χ0n) is 16.2. The fourth-order valence-electron chi connectivity index (χ4n) is 2.76. The van der Waals surface area contributed by atoms with Gasteiger partial charge < -0.3 is 10.1 Å². The number of amides is 2. The molecule has 2 aromatic carbocycles. The number of benzene rings is 2. The summed E-state index contributed by atoms with van der Waals surface area (Å²) in [5.41, 5.74) is 2.01. The van der Waals surface area contributed by atoms with Crippen molar-refractivity contribution in [3.8, 4) is 5.75 Å². The first-order chi connectivity index (χ1) is 13.5. The van der Waals surface area contributed by atoms with Gasteiger partial charge in [0.2, 0.25) is 5.13 Å². The predicted molar refractivity (Wildman–Crippen MR) is 112 cm³/mol. The molecule has 0 unspecified atom stereocenters. The summed E-state index contributed by atoms with van der Waals surface area (Å²) in [5.74, 6) is 0.819. The van der Waals surface area contributed by atoms with Crippen LogP contribution in [0, 0.1) is 0 Å². The number of anilines is 1. The lowest BCUT2D eigenvalue weighted by atomic mass is 9.85. The largest absolute Gasteiger partial charge is 0.497 e. The molecule has 2 amide bonds. The summed E-state index contributed by atoms with van der Waals surface area (Å²) in [6.07, 6.45) is 0.736. The SMILES string of the molecule is COc1ccc(CCNC(=O)Nc2nnc(C(C)(C)c3ccccc3)s2)cc1. The minimum absolute atomic E-state index is 0.274. The maximum atomic E-state index is 12.1. The van der Waals surface area contributed by atoms with E-state index in [1.807, 2.05) is 42.5 Å². The van der Waals surface area contributed by atoms with Gasteiger partial charge in [0.25, 0.3) is 0 Å². The van der Waals surface area contributed by atoms with Gasteiger partial charge in [-0.15, -0.1) is 10.2 Å². The lowest BCUT2D eigenvalue weighted by molar-refractivity contribution is 0.252. The molecule has 0 fully saturated rings. The topological polar surface area (TPSA) is 76.1 Å². The summed E-state index contributed by atoms with van der Waals surface area (Å²) in [7, 11) is 1.64. The van der Waals surface area contributed by atoms with Gasteiger partial charge in [-0.25, -0.2) is 4.79 Å². The van der Waals surface area contributed by atoms with E-state index in [1.54, 1.807) is 7.11 Å². The fraction of sp³-hybridized carbons (Fsp3) is 0.286. The van der Waals surface area contributed by atoms with Gasteiger partial charge in [0.1, 0.15) is 10.8 Å². The van der Waals surface area contributed by atoms with Crippen LogP contribution in [0.4, 0.5) is 9.93 Å². The highest BCUT2D eigenvalue weighted by molar-refractivity contribution is 7.15. The summed E-state index contributed by atoms with van der Waals surface area (Å²) in [4.78, 5) is 12.1. The van der Waals surface area contributed by atoms with Crippen molar-refractivity contribution in [2.75, 3.05) is 19.0 Å². The van der Waals surface area contributed by atoms with Crippen LogP contribution in [0.3, 0.4) is 0 Å². The molecule has 0 saturated carbocycles. The zero-order chi connectivity index (χ0) is 20.0. The summed E-state index contributed by atoms with van der Waals surface area (Å²) in [6, 6.07) is 17.7. The molecule has 1 aromatic heterocycles. The quantitative estimate of drug-likeness (QED) is 0.626. The number of aromatic nitrogens is 2. The number of carbonyl (C=O) groups is 1. The summed E-state index contributed by atoms with van der Waals surface area (Å²) < 4.78 is 5.14. The Morgan fingerprint density at radius 1 is 1.07 bits per heavy atom. The number of urea groups is 1. The van der Waals surface area contributed by atoms with Crippen molar-refractivity contribution in [2.45, 2.75) is 25.7 Å². The van der Waals surface area contributed by atoms with Crippen molar-refractivity contribution in [2.24, 2.45) is 0 Å². The Bertz CT molecular complexity index is 908. The Morgan fingerprint density at radius 3 is 2.46 bits per heavy atom. The number of nitrogens with one attached hydrogen (secondary N) is 2. The first-order valence-corrected chi connectivity index (χ1v) is 9.88. The van der Waals surface area contributed by atoms with Crippen LogP contribution in [0.25, 0.3) is 0 Å². The van der Waals surface area contributed by atoms with Gasteiger partial charge >= 0.3 is 6.03 Å². The summed E-state index contributed by atoms with van der Waals surface area (Å²) >= 11 is 1.39. The normalized spacial score (nSPS) is 11.1. The predicted octanol–water partition coefficient (Wildman–Crippen LogP) is 4.24. The van der Waals surface area contributed by atoms with E-state index in [9.17, 15) is 4.79 Å². The maximum absolute atomic E-state index is 12.1. The van der Waals surface area contributed by atoms with Crippen LogP contribution < -0.4 is 15.4 Å². The highest BCUT2D eigenvalue weighted by Gasteiger charge is 2.27. The van der Waals surface area contributed by atoms with Gasteiger partial charge in [-0.3, -0.25) is 5.32 Å². The average Bonchev–Trinajstić information content (AvgIpc) is 3.18. The molecule has 0 spiro atoms. The Balaban J connectivity index is 1.52. The molecule has 146 valence electrons. The van der Waals surface area contributed by atoms with E-state index in [2.05, 4.69) is 46.8 Å². The van der Waals surface area contributed by atoms with E-state index in [0.29, 0.717) is 11.7 Å². The molecular weight excluding hydrogens is 372 g/mol. The van der Waals surface area contributed by atoms with Crippen molar-refractivity contribution in [1.82, 2.24) is 15.5 Å². The van der Waals surface area contributed by atoms with Crippen molar-refractivity contribution in [3.63, 3.8) is 0 Å². The second-order valence-corrected chi connectivity index (χ2v) is 7.86. The third-order valence-electron chi connectivity index (χ3n) is 4.53. The molecule has 0 saturated heterocycles. The van der Waals surface area contributed by atoms with Crippen molar-refractivity contribution in [3.05, 3.63) is 70.7 Å². The van der Waals surface area contributed by atoms with Crippen LogP contribution in [0.5, 0.6) is 5.75 Å². The number of hydrogen-bond donors (Lipinski definition) is 2. The van der Waals surface area contributed by atoms with E-state index in [1.165, 1.54) is 11.3 Å². The molecule has 3 aromatic rings. The van der Waals surface area contributed by atoms with E-state index < -0.39 is 0 Å². The zero-order valence-corrected chi connectivity index (χ0v) is 17.0. The van der Waals surface area contributed by atoms with Gasteiger partial charge in [-0.05, 0) is 43.5 Å². The second kappa shape index (κ2) is 8.84. The van der Waals surface area contributed by atoms with Crippen LogP contribution in [0.1, 0.15) is 30.0 Å². The molecular formula is C21H24N4O2S. The third-order valence-corrected chi connectivity index (χ3v) is 5.70. The highest BCUT2D eigenvalue weighted by Crippen LogP contribution is 2.34. The first kappa shape index (κ1) is 19.8. The number of rotatable bonds is 7. The minimum Gasteiger partial charge on any atom is -0.497 e. The minimum atomic E-state index is -0.284. The van der Waals surface area contributed by atoms with Gasteiger partial charge in [-0.1, -0.05) is 53.8 Å². The van der Waals surface area contributed by atoms with Crippen molar-refractivity contribution < 1.29 is 9.53 Å². The molecule has 3 rings (SSSR count). The van der Waals surface area contributed by atoms with Gasteiger partial charge in [0.15, 0.2) is 0 Å². The van der Waals surface area contributed by atoms with E-state index in [-0.39, 0.29) is 11.4 Å². The van der Waals surface area contributed by atoms with Gasteiger partial charge in [0, 0.05) is 12.0 Å². The van der Waals surface area contributed by atoms with Crippen LogP contribution >= 0.6 is 11.3 Å². The molecule has 0 aliphatic carbocycles. The molecule has 1 heterocycles. The van der Waals surface area contributed by atoms with Gasteiger partial charge in [0.05, 0.1) is 7.11 Å². The smallest absolute Gasteiger partial charge is 0.321 e. The van der Waals surface area contributed by atoms with Crippen LogP contribution in [0.15, 0.2) is 54.6 Å². The highest BCUT2D eigenvalue weighted by atomic mass is 32.1. The van der Waals surface area contributed by atoms with Gasteiger partial charge in [-0.2, -0.15) is 0 Å². The lowest BCUT2D eigenvalue weighted by Gasteiger charge is -2.21. The lowest BCUT2D eigenvalue weighted by Crippen LogP contribution is -2.30. The Kier molecular flexibility index (Phi) is 6.26. The molecule has 0 bridgehead atoms. The summed E-state index contributed by atoms with van der Waals surface area (Å²) in [5, 5.41) is 15.3. The number of hydrogen-bond acceptors (Lipinski definition) is 5. The van der Waals surface area contributed by atoms with E-state index in [0.717, 1.165) is 28.3 Å². The molecule has 0 aliphatic rings. The summed E-state index contributed by atoms with van der Waals surface area (Å²) in [6.45, 7) is 4.72. The molecule has 2 N–H and O–H groups in total. The molecule has 7 heteroatoms. The number of carbonyl (C=O) groups excluding carboxylic acids is 1. The number of methoxy groups -OCH3 is 1. The van der Waals surface area contributed by atoms with Crippen LogP contribution in [-0.4, -0.2) is 29.9 Å². The standard InChI is InChI=1S/C21H24N4O2S/c1-21(2,16-7-5-4-6-8-16)18-24-25-20(28-18)23-19(26)22-14-13-15-9-11-17(27-3)12-10-15/h4-12H,13-14H2,1-3H3,(H2,22,23,25,26). The molecule has 0 atom stereocenters. The molecule has 28 heavy (non-hydrogen) atoms. The Labute approximate surface area is 169 Å². The van der Waals surface area contributed by atoms with E-state index in [4.69, 9.17) is 4.74 Å².